The molecule has 0 spiro atoms. The van der Waals surface area contributed by atoms with Crippen LogP contribution in [0.25, 0.3) is 0 Å². The predicted molar refractivity (Wildman–Crippen MR) is 67.2 cm³/mol. The Kier molecular flexibility index (Phi) is 7.98. The van der Waals surface area contributed by atoms with Crippen molar-refractivity contribution in [1.82, 2.24) is 0 Å². The van der Waals surface area contributed by atoms with Gasteiger partial charge in [0.05, 0.1) is 4.90 Å². The van der Waals surface area contributed by atoms with Crippen LogP contribution in [0, 0.1) is 6.92 Å². The first kappa shape index (κ1) is 17.2. The zero-order valence-corrected chi connectivity index (χ0v) is 13.0. The summed E-state index contributed by atoms with van der Waals surface area (Å²) in [6, 6.07) is 17.3. The fourth-order valence-electron chi connectivity index (χ4n) is 1.07. The van der Waals surface area contributed by atoms with Gasteiger partial charge in [-0.3, -0.25) is 4.55 Å². The minimum absolute atomic E-state index is 0. The third-order valence-corrected chi connectivity index (χ3v) is 2.75. The van der Waals surface area contributed by atoms with E-state index in [1.165, 1.54) is 12.1 Å². The molecule has 5 heteroatoms. The Balaban J connectivity index is 0.000000321. The van der Waals surface area contributed by atoms with Crippen LogP contribution in [0.1, 0.15) is 5.56 Å². The second-order valence-corrected chi connectivity index (χ2v) is 4.70. The fourth-order valence-corrected chi connectivity index (χ4v) is 1.57. The summed E-state index contributed by atoms with van der Waals surface area (Å²) in [5.74, 6) is 0. The first-order valence-electron chi connectivity index (χ1n) is 4.89. The van der Waals surface area contributed by atoms with Gasteiger partial charge in [-0.05, 0) is 12.1 Å². The van der Waals surface area contributed by atoms with E-state index in [9.17, 15) is 8.42 Å². The third-order valence-electron chi connectivity index (χ3n) is 1.88. The minimum atomic E-state index is -4.00. The summed E-state index contributed by atoms with van der Waals surface area (Å²) in [4.78, 5) is -0.0741. The average molecular weight is 272 g/mol. The van der Waals surface area contributed by atoms with Crippen molar-refractivity contribution in [1.29, 1.82) is 0 Å². The Hall–Kier alpha value is -0.780. The maximum atomic E-state index is 10.4. The Bertz CT molecular complexity index is 539. The summed E-state index contributed by atoms with van der Waals surface area (Å²) in [6.45, 7) is 3.72. The molecule has 0 heterocycles. The van der Waals surface area contributed by atoms with Crippen molar-refractivity contribution in [3.8, 4) is 0 Å². The summed E-state index contributed by atoms with van der Waals surface area (Å²) < 4.78 is 29.2. The zero-order chi connectivity index (χ0) is 12.7. The van der Waals surface area contributed by atoms with Crippen LogP contribution in [0.3, 0.4) is 0 Å². The van der Waals surface area contributed by atoms with E-state index in [0.717, 1.165) is 5.56 Å². The summed E-state index contributed by atoms with van der Waals surface area (Å²) in [5, 5.41) is 0. The normalized spacial score (nSPS) is 9.61. The van der Waals surface area contributed by atoms with Gasteiger partial charge in [0, 0.05) is 0 Å². The van der Waals surface area contributed by atoms with Crippen molar-refractivity contribution in [3.05, 3.63) is 73.2 Å². The minimum Gasteiger partial charge on any atom is -0.282 e. The molecule has 2 rings (SSSR count). The molecule has 0 aliphatic rings. The molecule has 0 bridgehead atoms. The van der Waals surface area contributed by atoms with Crippen molar-refractivity contribution >= 4 is 10.1 Å². The maximum Gasteiger partial charge on any atom is 1.00 e. The number of benzene rings is 2. The smallest absolute Gasteiger partial charge is 0.282 e. The van der Waals surface area contributed by atoms with Crippen LogP contribution in [-0.2, 0) is 10.1 Å². The van der Waals surface area contributed by atoms with Gasteiger partial charge in [-0.2, -0.15) is 33.0 Å². The molecule has 2 aromatic carbocycles. The molecule has 0 fully saturated rings. The van der Waals surface area contributed by atoms with Crippen molar-refractivity contribution in [3.63, 3.8) is 0 Å². The van der Waals surface area contributed by atoms with Crippen LogP contribution < -0.4 is 29.6 Å². The SMILES string of the molecule is O=S(=O)(O)c1ccccc1.[CH2-]c1ccccc1.[Na+]. The molecule has 0 aromatic heterocycles. The van der Waals surface area contributed by atoms with E-state index in [4.69, 9.17) is 4.55 Å². The van der Waals surface area contributed by atoms with Crippen LogP contribution in [0.2, 0.25) is 0 Å². The first-order valence-corrected chi connectivity index (χ1v) is 6.34. The van der Waals surface area contributed by atoms with E-state index in [2.05, 4.69) is 6.92 Å². The summed E-state index contributed by atoms with van der Waals surface area (Å²) >= 11 is 0. The molecule has 0 atom stereocenters. The molecule has 1 N–H and O–H groups in total. The predicted octanol–water partition coefficient (Wildman–Crippen LogP) is -0.194. The molecule has 3 nitrogen and oxygen atoms in total. The first-order chi connectivity index (χ1) is 8.00. The van der Waals surface area contributed by atoms with Crippen LogP contribution >= 0.6 is 0 Å². The second kappa shape index (κ2) is 8.34. The van der Waals surface area contributed by atoms with Crippen LogP contribution in [0.4, 0.5) is 0 Å². The molecule has 0 radical (unpaired) electrons. The molecule has 0 unspecified atom stereocenters. The molecule has 0 amide bonds. The molecule has 18 heavy (non-hydrogen) atoms. The largest absolute Gasteiger partial charge is 1.00 e. The van der Waals surface area contributed by atoms with Gasteiger partial charge in [-0.1, -0.05) is 24.3 Å². The number of hydrogen-bond acceptors (Lipinski definition) is 2. The quantitative estimate of drug-likeness (QED) is 0.444. The summed E-state index contributed by atoms with van der Waals surface area (Å²) in [6.07, 6.45) is 0. The van der Waals surface area contributed by atoms with Crippen LogP contribution in [0.5, 0.6) is 0 Å². The summed E-state index contributed by atoms with van der Waals surface area (Å²) in [5.41, 5.74) is 1.07. The van der Waals surface area contributed by atoms with Gasteiger partial charge in [0.25, 0.3) is 10.1 Å². The Morgan fingerprint density at radius 3 is 1.44 bits per heavy atom. The van der Waals surface area contributed by atoms with E-state index in [1.807, 2.05) is 30.3 Å². The van der Waals surface area contributed by atoms with E-state index >= 15 is 0 Å². The fraction of sp³-hybridized carbons (Fsp3) is 0. The van der Waals surface area contributed by atoms with Gasteiger partial charge in [-0.15, -0.1) is 12.1 Å². The van der Waals surface area contributed by atoms with Gasteiger partial charge in [-0.25, -0.2) is 0 Å². The molecular weight excluding hydrogens is 259 g/mol. The number of hydrogen-bond donors (Lipinski definition) is 1. The molecular formula is C13H13NaO3S. The molecule has 2 aromatic rings. The van der Waals surface area contributed by atoms with Crippen molar-refractivity contribution < 1.29 is 42.5 Å². The van der Waals surface area contributed by atoms with Crippen molar-refractivity contribution in [2.75, 3.05) is 0 Å². The van der Waals surface area contributed by atoms with Gasteiger partial charge >= 0.3 is 29.6 Å². The molecule has 0 aliphatic carbocycles. The van der Waals surface area contributed by atoms with E-state index in [-0.39, 0.29) is 34.5 Å². The molecule has 90 valence electrons. The van der Waals surface area contributed by atoms with Gasteiger partial charge in [0.2, 0.25) is 0 Å². The van der Waals surface area contributed by atoms with Gasteiger partial charge in [0.15, 0.2) is 0 Å². The average Bonchev–Trinajstić information content (AvgIpc) is 2.31. The van der Waals surface area contributed by atoms with E-state index in [1.54, 1.807) is 18.2 Å². The monoisotopic (exact) mass is 272 g/mol. The third kappa shape index (κ3) is 6.83. The second-order valence-electron chi connectivity index (χ2n) is 3.27. The Labute approximate surface area is 130 Å². The van der Waals surface area contributed by atoms with Crippen LogP contribution in [0.15, 0.2) is 65.6 Å². The Morgan fingerprint density at radius 1 is 0.833 bits per heavy atom. The molecule has 0 saturated heterocycles. The molecule has 0 saturated carbocycles. The Morgan fingerprint density at radius 2 is 1.22 bits per heavy atom. The van der Waals surface area contributed by atoms with Crippen molar-refractivity contribution in [2.24, 2.45) is 0 Å². The van der Waals surface area contributed by atoms with E-state index < -0.39 is 10.1 Å². The summed E-state index contributed by atoms with van der Waals surface area (Å²) in [7, 11) is -4.00. The number of rotatable bonds is 1. The standard InChI is InChI=1S/C7H7.C6H6O3S.Na/c1-7-5-3-2-4-6-7;7-10(8,9)6-4-2-1-3-5-6;/h2-6H,1H2;1-5H,(H,7,8,9);/q-1;;+1. The zero-order valence-electron chi connectivity index (χ0n) is 10.2. The maximum absolute atomic E-state index is 10.4. The topological polar surface area (TPSA) is 54.4 Å². The van der Waals surface area contributed by atoms with Gasteiger partial charge < -0.3 is 0 Å². The molecule has 0 aliphatic heterocycles. The van der Waals surface area contributed by atoms with Crippen molar-refractivity contribution in [2.45, 2.75) is 4.90 Å². The van der Waals surface area contributed by atoms with Crippen LogP contribution in [-0.4, -0.2) is 13.0 Å². The van der Waals surface area contributed by atoms with Gasteiger partial charge in [0.1, 0.15) is 0 Å². The van der Waals surface area contributed by atoms with E-state index in [0.29, 0.717) is 0 Å².